The number of piperidine rings is 1. The Balaban J connectivity index is 1.59. The maximum Gasteiger partial charge on any atom is 0.225 e. The van der Waals surface area contributed by atoms with Crippen LogP contribution in [0.4, 0.5) is 0 Å². The lowest BCUT2D eigenvalue weighted by atomic mass is 9.88. The molecule has 5 nitrogen and oxygen atoms in total. The van der Waals surface area contributed by atoms with Gasteiger partial charge in [0.1, 0.15) is 5.82 Å². The highest BCUT2D eigenvalue weighted by Gasteiger charge is 2.32. The molecule has 1 aromatic heterocycles. The van der Waals surface area contributed by atoms with Crippen molar-refractivity contribution in [1.82, 2.24) is 14.9 Å². The zero-order valence-electron chi connectivity index (χ0n) is 16.9. The van der Waals surface area contributed by atoms with Gasteiger partial charge in [0.05, 0.1) is 5.69 Å². The number of hydrogen-bond donors (Lipinski definition) is 0. The summed E-state index contributed by atoms with van der Waals surface area (Å²) in [5, 5.41) is 0. The van der Waals surface area contributed by atoms with E-state index >= 15 is 0 Å². The van der Waals surface area contributed by atoms with Gasteiger partial charge in [0.2, 0.25) is 5.91 Å². The van der Waals surface area contributed by atoms with Gasteiger partial charge >= 0.3 is 0 Å². The van der Waals surface area contributed by atoms with Gasteiger partial charge in [-0.3, -0.25) is 4.79 Å². The van der Waals surface area contributed by atoms with E-state index in [2.05, 4.69) is 41.1 Å². The van der Waals surface area contributed by atoms with Crippen LogP contribution in [0.25, 0.3) is 11.1 Å². The van der Waals surface area contributed by atoms with Gasteiger partial charge in [0, 0.05) is 49.9 Å². The fourth-order valence-corrected chi connectivity index (χ4v) is 4.44. The van der Waals surface area contributed by atoms with Crippen LogP contribution in [0, 0.1) is 19.8 Å². The zero-order valence-corrected chi connectivity index (χ0v) is 16.9. The van der Waals surface area contributed by atoms with E-state index in [1.165, 1.54) is 5.56 Å². The fourth-order valence-electron chi connectivity index (χ4n) is 4.44. The molecule has 1 atom stereocenters. The molecule has 4 rings (SSSR count). The summed E-state index contributed by atoms with van der Waals surface area (Å²) in [6.45, 7) is 7.07. The average Bonchev–Trinajstić information content (AvgIpc) is 2.74. The number of carbonyl (C=O) groups is 1. The Morgan fingerprint density at radius 2 is 2.00 bits per heavy atom. The first kappa shape index (κ1) is 19.1. The van der Waals surface area contributed by atoms with E-state index < -0.39 is 0 Å². The third-order valence-electron chi connectivity index (χ3n) is 5.96. The van der Waals surface area contributed by atoms with Gasteiger partial charge < -0.3 is 9.64 Å². The predicted molar refractivity (Wildman–Crippen MR) is 109 cm³/mol. The van der Waals surface area contributed by atoms with Crippen molar-refractivity contribution >= 4 is 5.91 Å². The highest BCUT2D eigenvalue weighted by molar-refractivity contribution is 5.79. The van der Waals surface area contributed by atoms with E-state index in [1.54, 1.807) is 0 Å². The number of amides is 1. The molecule has 0 aliphatic carbocycles. The molecule has 1 unspecified atom stereocenters. The summed E-state index contributed by atoms with van der Waals surface area (Å²) in [5.41, 5.74) is 4.56. The third kappa shape index (κ3) is 4.09. The molecule has 2 aliphatic heterocycles. The standard InChI is InChI=1S/C23H29N3O2/c1-16-5-3-6-19(13-16)21-14-24-17(2)25-22(21)20-7-4-10-26(15-20)23(27)18-8-11-28-12-9-18/h3,5-6,13-14,18,20H,4,7-12,15H2,1-2H3. The molecule has 2 aromatic rings. The molecule has 0 N–H and O–H groups in total. The van der Waals surface area contributed by atoms with E-state index in [-0.39, 0.29) is 11.8 Å². The highest BCUT2D eigenvalue weighted by atomic mass is 16.5. The summed E-state index contributed by atoms with van der Waals surface area (Å²) in [7, 11) is 0. The molecule has 28 heavy (non-hydrogen) atoms. The Morgan fingerprint density at radius 3 is 2.79 bits per heavy atom. The van der Waals surface area contributed by atoms with Crippen molar-refractivity contribution in [3.63, 3.8) is 0 Å². The van der Waals surface area contributed by atoms with Crippen molar-refractivity contribution in [3.05, 3.63) is 47.5 Å². The number of aromatic nitrogens is 2. The number of likely N-dealkylation sites (tertiary alicyclic amines) is 1. The van der Waals surface area contributed by atoms with Gasteiger partial charge in [-0.25, -0.2) is 9.97 Å². The number of aryl methyl sites for hydroxylation is 2. The van der Waals surface area contributed by atoms with Gasteiger partial charge in [-0.1, -0.05) is 29.8 Å². The molecule has 1 amide bonds. The van der Waals surface area contributed by atoms with Gasteiger partial charge in [0.25, 0.3) is 0 Å². The highest BCUT2D eigenvalue weighted by Crippen LogP contribution is 2.34. The van der Waals surface area contributed by atoms with E-state index in [9.17, 15) is 4.79 Å². The summed E-state index contributed by atoms with van der Waals surface area (Å²) < 4.78 is 5.43. The van der Waals surface area contributed by atoms with Gasteiger partial charge in [-0.15, -0.1) is 0 Å². The van der Waals surface area contributed by atoms with Gasteiger partial charge in [0.15, 0.2) is 0 Å². The largest absolute Gasteiger partial charge is 0.381 e. The number of rotatable bonds is 3. The minimum Gasteiger partial charge on any atom is -0.381 e. The van der Waals surface area contributed by atoms with E-state index in [0.717, 1.165) is 61.4 Å². The lowest BCUT2D eigenvalue weighted by molar-refractivity contribution is -0.139. The van der Waals surface area contributed by atoms with Gasteiger partial charge in [-0.05, 0) is 45.1 Å². The molecule has 0 bridgehead atoms. The van der Waals surface area contributed by atoms with Crippen LogP contribution < -0.4 is 0 Å². The maximum atomic E-state index is 13.0. The van der Waals surface area contributed by atoms with E-state index in [1.807, 2.05) is 13.1 Å². The molecule has 5 heteroatoms. The van der Waals surface area contributed by atoms with Crippen molar-refractivity contribution in [2.24, 2.45) is 5.92 Å². The lowest BCUT2D eigenvalue weighted by Gasteiger charge is -2.36. The molecule has 2 fully saturated rings. The van der Waals surface area contributed by atoms with Crippen LogP contribution >= 0.6 is 0 Å². The second-order valence-electron chi connectivity index (χ2n) is 8.10. The van der Waals surface area contributed by atoms with E-state index in [0.29, 0.717) is 19.1 Å². The van der Waals surface area contributed by atoms with Crippen molar-refractivity contribution < 1.29 is 9.53 Å². The number of carbonyl (C=O) groups excluding carboxylic acids is 1. The Morgan fingerprint density at radius 1 is 1.18 bits per heavy atom. The molecule has 0 radical (unpaired) electrons. The molecule has 2 saturated heterocycles. The molecule has 0 spiro atoms. The van der Waals surface area contributed by atoms with Crippen LogP contribution in [0.3, 0.4) is 0 Å². The van der Waals surface area contributed by atoms with Gasteiger partial charge in [-0.2, -0.15) is 0 Å². The average molecular weight is 380 g/mol. The third-order valence-corrected chi connectivity index (χ3v) is 5.96. The topological polar surface area (TPSA) is 55.3 Å². The normalized spacial score (nSPS) is 20.9. The molecular weight excluding hydrogens is 350 g/mol. The van der Waals surface area contributed by atoms with Crippen LogP contribution in [-0.2, 0) is 9.53 Å². The summed E-state index contributed by atoms with van der Waals surface area (Å²) in [6.07, 6.45) is 5.73. The lowest BCUT2D eigenvalue weighted by Crippen LogP contribution is -2.43. The monoisotopic (exact) mass is 379 g/mol. The second-order valence-corrected chi connectivity index (χ2v) is 8.10. The zero-order chi connectivity index (χ0) is 19.5. The molecule has 2 aliphatic rings. The number of nitrogens with zero attached hydrogens (tertiary/aromatic N) is 3. The maximum absolute atomic E-state index is 13.0. The smallest absolute Gasteiger partial charge is 0.225 e. The van der Waals surface area contributed by atoms with Crippen LogP contribution in [-0.4, -0.2) is 47.1 Å². The molecule has 148 valence electrons. The first-order valence-electron chi connectivity index (χ1n) is 10.4. The summed E-state index contributed by atoms with van der Waals surface area (Å²) in [5.74, 6) is 1.47. The SMILES string of the molecule is Cc1cccc(-c2cnc(C)nc2C2CCCN(C(=O)C3CCOCC3)C2)c1. The van der Waals surface area contributed by atoms with Crippen molar-refractivity contribution in [2.45, 2.75) is 45.4 Å². The number of ether oxygens (including phenoxy) is 1. The summed E-state index contributed by atoms with van der Waals surface area (Å²) >= 11 is 0. The Bertz CT molecular complexity index is 845. The number of hydrogen-bond acceptors (Lipinski definition) is 4. The fraction of sp³-hybridized carbons (Fsp3) is 0.522. The van der Waals surface area contributed by atoms with Crippen LogP contribution in [0.5, 0.6) is 0 Å². The first-order chi connectivity index (χ1) is 13.6. The molecule has 3 heterocycles. The summed E-state index contributed by atoms with van der Waals surface area (Å²) in [4.78, 5) is 24.4. The second kappa shape index (κ2) is 8.39. The first-order valence-corrected chi connectivity index (χ1v) is 10.4. The summed E-state index contributed by atoms with van der Waals surface area (Å²) in [6, 6.07) is 8.49. The molecule has 1 aromatic carbocycles. The Hall–Kier alpha value is -2.27. The quantitative estimate of drug-likeness (QED) is 0.812. The van der Waals surface area contributed by atoms with Crippen molar-refractivity contribution in [3.8, 4) is 11.1 Å². The molecule has 0 saturated carbocycles. The van der Waals surface area contributed by atoms with Crippen molar-refractivity contribution in [2.75, 3.05) is 26.3 Å². The minimum atomic E-state index is 0.121. The van der Waals surface area contributed by atoms with Crippen LogP contribution in [0.2, 0.25) is 0 Å². The Labute approximate surface area is 167 Å². The van der Waals surface area contributed by atoms with Crippen LogP contribution in [0.15, 0.2) is 30.5 Å². The molecular formula is C23H29N3O2. The van der Waals surface area contributed by atoms with Crippen molar-refractivity contribution in [1.29, 1.82) is 0 Å². The number of benzene rings is 1. The van der Waals surface area contributed by atoms with Crippen LogP contribution in [0.1, 0.15) is 48.7 Å². The Kier molecular flexibility index (Phi) is 5.72. The predicted octanol–water partition coefficient (Wildman–Crippen LogP) is 3.89. The van der Waals surface area contributed by atoms with E-state index in [4.69, 9.17) is 9.72 Å². The minimum absolute atomic E-state index is 0.121.